The average molecular weight is 417 g/mol. The number of sulfonamides is 1. The van der Waals surface area contributed by atoms with Crippen LogP contribution in [0.15, 0.2) is 47.4 Å². The summed E-state index contributed by atoms with van der Waals surface area (Å²) < 4.78 is 27.6. The van der Waals surface area contributed by atoms with Gasteiger partial charge in [-0.15, -0.1) is 0 Å². The zero-order valence-corrected chi connectivity index (χ0v) is 19.0. The molecule has 0 saturated heterocycles. The van der Waals surface area contributed by atoms with Crippen molar-refractivity contribution in [3.05, 3.63) is 64.7 Å². The van der Waals surface area contributed by atoms with E-state index in [0.717, 1.165) is 28.8 Å². The standard InChI is InChI=1S/C23H32N2O3S/c1-16(2)20-8-7-9-21(17(3)4)22(20)14-23(26)24-29(27,28)19-12-10-18(11-13-19)15-25(5)6/h7-13,16-17H,14-15H2,1-6H3,(H,24,26). The molecular formula is C23H32N2O3S. The highest BCUT2D eigenvalue weighted by Gasteiger charge is 2.21. The Morgan fingerprint density at radius 1 is 0.931 bits per heavy atom. The second kappa shape index (κ2) is 9.55. The summed E-state index contributed by atoms with van der Waals surface area (Å²) in [6, 6.07) is 12.6. The van der Waals surface area contributed by atoms with Crippen LogP contribution in [-0.2, 0) is 27.8 Å². The maximum atomic E-state index is 12.7. The lowest BCUT2D eigenvalue weighted by atomic mass is 9.87. The molecule has 0 fully saturated rings. The van der Waals surface area contributed by atoms with Crippen molar-refractivity contribution < 1.29 is 13.2 Å². The summed E-state index contributed by atoms with van der Waals surface area (Å²) in [5.41, 5.74) is 4.09. The van der Waals surface area contributed by atoms with Crippen LogP contribution in [0.25, 0.3) is 0 Å². The number of hydrogen-bond donors (Lipinski definition) is 1. The SMILES string of the molecule is CC(C)c1cccc(C(C)C)c1CC(=O)NS(=O)(=O)c1ccc(CN(C)C)cc1. The first-order valence-corrected chi connectivity index (χ1v) is 11.4. The molecule has 2 aromatic carbocycles. The molecule has 158 valence electrons. The van der Waals surface area contributed by atoms with Crippen molar-refractivity contribution in [2.24, 2.45) is 0 Å². The van der Waals surface area contributed by atoms with E-state index >= 15 is 0 Å². The molecule has 0 aliphatic heterocycles. The highest BCUT2D eigenvalue weighted by Crippen LogP contribution is 2.28. The molecule has 0 unspecified atom stereocenters. The number of hydrogen-bond acceptors (Lipinski definition) is 4. The lowest BCUT2D eigenvalue weighted by Gasteiger charge is -2.19. The Morgan fingerprint density at radius 3 is 1.90 bits per heavy atom. The Labute approximate surface area is 175 Å². The van der Waals surface area contributed by atoms with Crippen molar-refractivity contribution in [3.8, 4) is 0 Å². The molecule has 29 heavy (non-hydrogen) atoms. The maximum Gasteiger partial charge on any atom is 0.264 e. The van der Waals surface area contributed by atoms with Gasteiger partial charge in [0.1, 0.15) is 0 Å². The molecule has 0 radical (unpaired) electrons. The lowest BCUT2D eigenvalue weighted by Crippen LogP contribution is -2.32. The third-order valence-electron chi connectivity index (χ3n) is 4.81. The number of nitrogens with zero attached hydrogens (tertiary/aromatic N) is 1. The van der Waals surface area contributed by atoms with Gasteiger partial charge >= 0.3 is 0 Å². The fourth-order valence-corrected chi connectivity index (χ4v) is 4.44. The molecule has 0 bridgehead atoms. The van der Waals surface area contributed by atoms with E-state index in [1.807, 2.05) is 37.2 Å². The van der Waals surface area contributed by atoms with Gasteiger partial charge in [0.05, 0.1) is 11.3 Å². The summed E-state index contributed by atoms with van der Waals surface area (Å²) >= 11 is 0. The third kappa shape index (κ3) is 6.15. The number of carbonyl (C=O) groups excluding carboxylic acids is 1. The van der Waals surface area contributed by atoms with Gasteiger partial charge in [0.2, 0.25) is 5.91 Å². The maximum absolute atomic E-state index is 12.7. The summed E-state index contributed by atoms with van der Waals surface area (Å²) in [7, 11) is -0.00479. The van der Waals surface area contributed by atoms with E-state index in [4.69, 9.17) is 0 Å². The molecule has 2 aromatic rings. The summed E-state index contributed by atoms with van der Waals surface area (Å²) in [5, 5.41) is 0. The fourth-order valence-electron chi connectivity index (χ4n) is 3.45. The minimum absolute atomic E-state index is 0.0415. The number of benzene rings is 2. The molecule has 5 nitrogen and oxygen atoms in total. The number of nitrogens with one attached hydrogen (secondary N) is 1. The van der Waals surface area contributed by atoms with E-state index in [1.54, 1.807) is 12.1 Å². The summed E-state index contributed by atoms with van der Waals surface area (Å²) in [4.78, 5) is 14.8. The lowest BCUT2D eigenvalue weighted by molar-refractivity contribution is -0.118. The molecule has 0 heterocycles. The van der Waals surface area contributed by atoms with Crippen LogP contribution in [0, 0.1) is 0 Å². The molecule has 2 rings (SSSR count). The van der Waals surface area contributed by atoms with E-state index < -0.39 is 15.9 Å². The molecule has 0 spiro atoms. The highest BCUT2D eigenvalue weighted by molar-refractivity contribution is 7.90. The van der Waals surface area contributed by atoms with Crippen LogP contribution in [0.2, 0.25) is 0 Å². The van der Waals surface area contributed by atoms with Gasteiger partial charge in [0, 0.05) is 6.54 Å². The Hall–Kier alpha value is -2.18. The zero-order chi connectivity index (χ0) is 21.8. The van der Waals surface area contributed by atoms with Crippen molar-refractivity contribution in [1.29, 1.82) is 0 Å². The van der Waals surface area contributed by atoms with Crippen molar-refractivity contribution in [2.45, 2.75) is 57.4 Å². The van der Waals surface area contributed by atoms with Gasteiger partial charge in [0.25, 0.3) is 10.0 Å². The minimum atomic E-state index is -3.90. The zero-order valence-electron chi connectivity index (χ0n) is 18.2. The minimum Gasteiger partial charge on any atom is -0.305 e. The predicted molar refractivity (Wildman–Crippen MR) is 117 cm³/mol. The third-order valence-corrected chi connectivity index (χ3v) is 6.20. The largest absolute Gasteiger partial charge is 0.305 e. The molecule has 0 aliphatic rings. The van der Waals surface area contributed by atoms with Gasteiger partial charge in [-0.3, -0.25) is 4.79 Å². The van der Waals surface area contributed by atoms with Gasteiger partial charge in [-0.2, -0.15) is 0 Å². The molecule has 0 aromatic heterocycles. The van der Waals surface area contributed by atoms with E-state index in [0.29, 0.717) is 0 Å². The molecule has 0 aliphatic carbocycles. The van der Waals surface area contributed by atoms with Crippen molar-refractivity contribution in [1.82, 2.24) is 9.62 Å². The molecule has 6 heteroatoms. The summed E-state index contributed by atoms with van der Waals surface area (Å²) in [5.74, 6) is -0.0212. The van der Waals surface area contributed by atoms with E-state index in [2.05, 4.69) is 32.4 Å². The Balaban J connectivity index is 2.22. The van der Waals surface area contributed by atoms with Gasteiger partial charge in [-0.05, 0) is 60.3 Å². The van der Waals surface area contributed by atoms with Crippen LogP contribution in [0.4, 0.5) is 0 Å². The van der Waals surface area contributed by atoms with Crippen molar-refractivity contribution >= 4 is 15.9 Å². The fraction of sp³-hybridized carbons (Fsp3) is 0.435. The van der Waals surface area contributed by atoms with Crippen LogP contribution in [0.3, 0.4) is 0 Å². The monoisotopic (exact) mass is 416 g/mol. The van der Waals surface area contributed by atoms with E-state index in [-0.39, 0.29) is 23.2 Å². The van der Waals surface area contributed by atoms with Gasteiger partial charge < -0.3 is 4.90 Å². The first-order valence-electron chi connectivity index (χ1n) is 9.92. The summed E-state index contributed by atoms with van der Waals surface area (Å²) in [6.45, 7) is 9.02. The Morgan fingerprint density at radius 2 is 1.45 bits per heavy atom. The number of amides is 1. The van der Waals surface area contributed by atoms with Crippen LogP contribution in [-0.4, -0.2) is 33.3 Å². The highest BCUT2D eigenvalue weighted by atomic mass is 32.2. The first-order chi connectivity index (χ1) is 13.5. The first kappa shape index (κ1) is 23.1. The van der Waals surface area contributed by atoms with Gasteiger partial charge in [-0.1, -0.05) is 58.0 Å². The van der Waals surface area contributed by atoms with Gasteiger partial charge in [0.15, 0.2) is 0 Å². The normalized spacial score (nSPS) is 12.0. The van der Waals surface area contributed by atoms with Gasteiger partial charge in [-0.25, -0.2) is 13.1 Å². The second-order valence-corrected chi connectivity index (χ2v) is 9.99. The second-order valence-electron chi connectivity index (χ2n) is 8.31. The Bertz CT molecular complexity index is 920. The average Bonchev–Trinajstić information content (AvgIpc) is 2.60. The topological polar surface area (TPSA) is 66.5 Å². The molecule has 0 atom stereocenters. The number of rotatable bonds is 8. The van der Waals surface area contributed by atoms with Crippen LogP contribution in [0.5, 0.6) is 0 Å². The Kier molecular flexibility index (Phi) is 7.60. The predicted octanol–water partition coefficient (Wildman–Crippen LogP) is 4.04. The smallest absolute Gasteiger partial charge is 0.264 e. The molecule has 0 saturated carbocycles. The van der Waals surface area contributed by atoms with Crippen LogP contribution >= 0.6 is 0 Å². The van der Waals surface area contributed by atoms with Crippen molar-refractivity contribution in [3.63, 3.8) is 0 Å². The number of carbonyl (C=O) groups is 1. The molecule has 1 N–H and O–H groups in total. The molecular weight excluding hydrogens is 384 g/mol. The molecule has 1 amide bonds. The van der Waals surface area contributed by atoms with Crippen LogP contribution in [0.1, 0.15) is 61.8 Å². The van der Waals surface area contributed by atoms with E-state index in [1.165, 1.54) is 12.1 Å². The van der Waals surface area contributed by atoms with Crippen molar-refractivity contribution in [2.75, 3.05) is 14.1 Å². The van der Waals surface area contributed by atoms with E-state index in [9.17, 15) is 13.2 Å². The van der Waals surface area contributed by atoms with Crippen LogP contribution < -0.4 is 4.72 Å². The quantitative estimate of drug-likeness (QED) is 0.705. The summed E-state index contributed by atoms with van der Waals surface area (Å²) in [6.07, 6.45) is 0.0415.